The van der Waals surface area contributed by atoms with Crippen LogP contribution in [0.15, 0.2) is 18.2 Å². The highest BCUT2D eigenvalue weighted by Crippen LogP contribution is 2.26. The molecular formula is C14H23N3O2. The molecule has 0 saturated carbocycles. The zero-order chi connectivity index (χ0) is 14.4. The van der Waals surface area contributed by atoms with Crippen LogP contribution < -0.4 is 21.5 Å². The first-order valence-corrected chi connectivity index (χ1v) is 6.41. The Hall–Kier alpha value is -1.75. The van der Waals surface area contributed by atoms with Crippen LogP contribution in [0, 0.1) is 11.8 Å². The van der Waals surface area contributed by atoms with E-state index in [0.29, 0.717) is 29.7 Å². The zero-order valence-corrected chi connectivity index (χ0v) is 11.8. The maximum absolute atomic E-state index is 11.2. The summed E-state index contributed by atoms with van der Waals surface area (Å²) >= 11 is 0. The molecule has 1 unspecified atom stereocenters. The van der Waals surface area contributed by atoms with Crippen molar-refractivity contribution in [1.29, 1.82) is 0 Å². The molecule has 5 heteroatoms. The molecule has 0 aromatic heterocycles. The molecular weight excluding hydrogens is 242 g/mol. The zero-order valence-electron chi connectivity index (χ0n) is 11.8. The van der Waals surface area contributed by atoms with E-state index in [1.807, 2.05) is 0 Å². The summed E-state index contributed by atoms with van der Waals surface area (Å²) in [5.74, 6) is 1.08. The molecule has 0 aliphatic carbocycles. The molecule has 1 aromatic carbocycles. The lowest BCUT2D eigenvalue weighted by Gasteiger charge is -2.21. The fourth-order valence-corrected chi connectivity index (χ4v) is 1.83. The highest BCUT2D eigenvalue weighted by atomic mass is 16.5. The lowest BCUT2D eigenvalue weighted by Crippen LogP contribution is -2.27. The number of anilines is 1. The average Bonchev–Trinajstić information content (AvgIpc) is 2.38. The van der Waals surface area contributed by atoms with Crippen molar-refractivity contribution < 1.29 is 9.53 Å². The van der Waals surface area contributed by atoms with Crippen LogP contribution in [0.1, 0.15) is 24.2 Å². The van der Waals surface area contributed by atoms with Crippen molar-refractivity contribution in [2.24, 2.45) is 23.3 Å². The van der Waals surface area contributed by atoms with Crippen molar-refractivity contribution in [3.8, 4) is 5.75 Å². The van der Waals surface area contributed by atoms with Crippen molar-refractivity contribution in [2.45, 2.75) is 13.8 Å². The quantitative estimate of drug-likeness (QED) is 0.695. The van der Waals surface area contributed by atoms with E-state index in [0.717, 1.165) is 12.2 Å². The number of carbonyl (C=O) groups is 1. The number of nitrogens with one attached hydrogen (secondary N) is 1. The molecule has 1 aromatic rings. The standard InChI is InChI=1S/C14H23N3O2/c1-9(2)11(7-15)8-17-12-6-10(14(16)18)4-5-13(12)19-3/h4-6,9,11,17H,7-8,15H2,1-3H3,(H2,16,18). The van der Waals surface area contributed by atoms with Gasteiger partial charge in [0.2, 0.25) is 5.91 Å². The van der Waals surface area contributed by atoms with E-state index >= 15 is 0 Å². The number of ether oxygens (including phenoxy) is 1. The predicted molar refractivity (Wildman–Crippen MR) is 77.4 cm³/mol. The van der Waals surface area contributed by atoms with Gasteiger partial charge in [0.05, 0.1) is 12.8 Å². The molecule has 0 bridgehead atoms. The Labute approximate surface area is 114 Å². The second-order valence-electron chi connectivity index (χ2n) is 4.90. The number of methoxy groups -OCH3 is 1. The number of hydrogen-bond acceptors (Lipinski definition) is 4. The minimum atomic E-state index is -0.454. The molecule has 0 aliphatic heterocycles. The fraction of sp³-hybridized carbons (Fsp3) is 0.500. The van der Waals surface area contributed by atoms with Crippen molar-refractivity contribution in [1.82, 2.24) is 0 Å². The molecule has 0 spiro atoms. The number of carbonyl (C=O) groups excluding carboxylic acids is 1. The van der Waals surface area contributed by atoms with E-state index in [-0.39, 0.29) is 0 Å². The Morgan fingerprint density at radius 3 is 2.58 bits per heavy atom. The Morgan fingerprint density at radius 2 is 2.11 bits per heavy atom. The number of amides is 1. The summed E-state index contributed by atoms with van der Waals surface area (Å²) in [5.41, 5.74) is 12.2. The Kier molecular flexibility index (Phi) is 5.63. The smallest absolute Gasteiger partial charge is 0.248 e. The topological polar surface area (TPSA) is 90.4 Å². The third kappa shape index (κ3) is 4.13. The van der Waals surface area contributed by atoms with Gasteiger partial charge in [0, 0.05) is 12.1 Å². The van der Waals surface area contributed by atoms with E-state index in [1.165, 1.54) is 0 Å². The van der Waals surface area contributed by atoms with E-state index in [9.17, 15) is 4.79 Å². The highest BCUT2D eigenvalue weighted by Gasteiger charge is 2.13. The summed E-state index contributed by atoms with van der Waals surface area (Å²) in [6.07, 6.45) is 0. The summed E-state index contributed by atoms with van der Waals surface area (Å²) in [5, 5.41) is 3.28. The SMILES string of the molecule is COc1ccc(C(N)=O)cc1NCC(CN)C(C)C. The average molecular weight is 265 g/mol. The molecule has 1 atom stereocenters. The largest absolute Gasteiger partial charge is 0.495 e. The fourth-order valence-electron chi connectivity index (χ4n) is 1.83. The van der Waals surface area contributed by atoms with Crippen molar-refractivity contribution in [3.63, 3.8) is 0 Å². The van der Waals surface area contributed by atoms with Crippen molar-refractivity contribution in [3.05, 3.63) is 23.8 Å². The van der Waals surface area contributed by atoms with Gasteiger partial charge < -0.3 is 21.5 Å². The van der Waals surface area contributed by atoms with Crippen LogP contribution in [-0.2, 0) is 0 Å². The van der Waals surface area contributed by atoms with Crippen LogP contribution in [-0.4, -0.2) is 26.1 Å². The van der Waals surface area contributed by atoms with Crippen LogP contribution in [0.2, 0.25) is 0 Å². The number of nitrogens with two attached hydrogens (primary N) is 2. The monoisotopic (exact) mass is 265 g/mol. The van der Waals surface area contributed by atoms with Gasteiger partial charge in [-0.2, -0.15) is 0 Å². The Morgan fingerprint density at radius 1 is 1.42 bits per heavy atom. The summed E-state index contributed by atoms with van der Waals surface area (Å²) in [6, 6.07) is 5.08. The number of primary amides is 1. The molecule has 0 heterocycles. The summed E-state index contributed by atoms with van der Waals surface area (Å²) < 4.78 is 5.26. The third-order valence-electron chi connectivity index (χ3n) is 3.28. The van der Waals surface area contributed by atoms with Gasteiger partial charge in [0.25, 0.3) is 0 Å². The second kappa shape index (κ2) is 6.99. The van der Waals surface area contributed by atoms with Gasteiger partial charge in [-0.3, -0.25) is 4.79 Å². The molecule has 0 aliphatic rings. The van der Waals surface area contributed by atoms with Crippen LogP contribution >= 0.6 is 0 Å². The van der Waals surface area contributed by atoms with Gasteiger partial charge in [0.15, 0.2) is 0 Å². The molecule has 5 nitrogen and oxygen atoms in total. The Balaban J connectivity index is 2.85. The number of hydrogen-bond donors (Lipinski definition) is 3. The highest BCUT2D eigenvalue weighted by molar-refractivity contribution is 5.94. The van der Waals surface area contributed by atoms with Gasteiger partial charge in [-0.05, 0) is 36.6 Å². The van der Waals surface area contributed by atoms with Crippen LogP contribution in [0.25, 0.3) is 0 Å². The van der Waals surface area contributed by atoms with Gasteiger partial charge in [-0.25, -0.2) is 0 Å². The van der Waals surface area contributed by atoms with Crippen molar-refractivity contribution >= 4 is 11.6 Å². The molecule has 0 radical (unpaired) electrons. The lowest BCUT2D eigenvalue weighted by atomic mass is 9.96. The van der Waals surface area contributed by atoms with Crippen molar-refractivity contribution in [2.75, 3.05) is 25.5 Å². The molecule has 106 valence electrons. The molecule has 1 amide bonds. The van der Waals surface area contributed by atoms with Crippen LogP contribution in [0.3, 0.4) is 0 Å². The second-order valence-corrected chi connectivity index (χ2v) is 4.90. The number of benzene rings is 1. The predicted octanol–water partition coefficient (Wildman–Crippen LogP) is 1.44. The Bertz CT molecular complexity index is 433. The lowest BCUT2D eigenvalue weighted by molar-refractivity contribution is 0.100. The van der Waals surface area contributed by atoms with E-state index in [1.54, 1.807) is 25.3 Å². The van der Waals surface area contributed by atoms with Crippen LogP contribution in [0.4, 0.5) is 5.69 Å². The molecule has 0 saturated heterocycles. The summed E-state index contributed by atoms with van der Waals surface area (Å²) in [7, 11) is 1.59. The maximum Gasteiger partial charge on any atom is 0.248 e. The summed E-state index contributed by atoms with van der Waals surface area (Å²) in [6.45, 7) is 5.61. The maximum atomic E-state index is 11.2. The van der Waals surface area contributed by atoms with Gasteiger partial charge in [-0.15, -0.1) is 0 Å². The third-order valence-corrected chi connectivity index (χ3v) is 3.28. The van der Waals surface area contributed by atoms with Gasteiger partial charge in [0.1, 0.15) is 5.75 Å². The molecule has 1 rings (SSSR count). The molecule has 0 fully saturated rings. The molecule has 5 N–H and O–H groups in total. The van der Waals surface area contributed by atoms with E-state index in [2.05, 4.69) is 19.2 Å². The first-order valence-electron chi connectivity index (χ1n) is 6.41. The van der Waals surface area contributed by atoms with E-state index in [4.69, 9.17) is 16.2 Å². The van der Waals surface area contributed by atoms with Gasteiger partial charge in [-0.1, -0.05) is 13.8 Å². The number of rotatable bonds is 7. The normalized spacial score (nSPS) is 12.3. The first kappa shape index (κ1) is 15.3. The molecule has 19 heavy (non-hydrogen) atoms. The van der Waals surface area contributed by atoms with Gasteiger partial charge >= 0.3 is 0 Å². The summed E-state index contributed by atoms with van der Waals surface area (Å²) in [4.78, 5) is 11.2. The van der Waals surface area contributed by atoms with Crippen LogP contribution in [0.5, 0.6) is 5.75 Å². The minimum Gasteiger partial charge on any atom is -0.495 e. The van der Waals surface area contributed by atoms with E-state index < -0.39 is 5.91 Å². The minimum absolute atomic E-state index is 0.363. The first-order chi connectivity index (χ1) is 8.99.